The van der Waals surface area contributed by atoms with E-state index in [2.05, 4.69) is 6.07 Å². The van der Waals surface area contributed by atoms with E-state index in [1.54, 1.807) is 18.2 Å². The first-order chi connectivity index (χ1) is 8.42. The van der Waals surface area contributed by atoms with Crippen molar-refractivity contribution in [1.29, 1.82) is 5.26 Å². The Labute approximate surface area is 106 Å². The maximum Gasteiger partial charge on any atom is 0.303 e. The first-order valence-corrected chi connectivity index (χ1v) is 5.81. The molecule has 4 heteroatoms. The highest BCUT2D eigenvalue weighted by Crippen LogP contribution is 2.35. The van der Waals surface area contributed by atoms with Crippen molar-refractivity contribution in [3.05, 3.63) is 29.3 Å². The predicted octanol–water partition coefficient (Wildman–Crippen LogP) is 2.20. The van der Waals surface area contributed by atoms with Crippen molar-refractivity contribution in [1.82, 2.24) is 0 Å². The van der Waals surface area contributed by atoms with E-state index in [0.29, 0.717) is 12.0 Å². The second-order valence-corrected chi connectivity index (χ2v) is 4.94. The number of rotatable bonds is 1. The predicted molar refractivity (Wildman–Crippen MR) is 65.1 cm³/mol. The van der Waals surface area contributed by atoms with Crippen LogP contribution in [-0.2, 0) is 16.0 Å². The summed E-state index contributed by atoms with van der Waals surface area (Å²) in [7, 11) is 0. The van der Waals surface area contributed by atoms with Crippen molar-refractivity contribution in [3.8, 4) is 11.8 Å². The summed E-state index contributed by atoms with van der Waals surface area (Å²) in [6.45, 7) is 5.17. The summed E-state index contributed by atoms with van der Waals surface area (Å²) in [6, 6.07) is 7.38. The third-order valence-electron chi connectivity index (χ3n) is 3.05. The Bertz CT molecular complexity index is 528. The van der Waals surface area contributed by atoms with Gasteiger partial charge in [0.15, 0.2) is 0 Å². The molecule has 1 aromatic carbocycles. The van der Waals surface area contributed by atoms with Gasteiger partial charge in [-0.3, -0.25) is 4.79 Å². The van der Waals surface area contributed by atoms with E-state index in [-0.39, 0.29) is 12.1 Å². The smallest absolute Gasteiger partial charge is 0.303 e. The van der Waals surface area contributed by atoms with E-state index in [0.717, 1.165) is 11.3 Å². The summed E-state index contributed by atoms with van der Waals surface area (Å²) in [4.78, 5) is 11.1. The van der Waals surface area contributed by atoms with E-state index < -0.39 is 5.60 Å². The number of ether oxygens (including phenoxy) is 2. The molecule has 18 heavy (non-hydrogen) atoms. The summed E-state index contributed by atoms with van der Waals surface area (Å²) in [5, 5.41) is 8.88. The van der Waals surface area contributed by atoms with E-state index >= 15 is 0 Å². The van der Waals surface area contributed by atoms with E-state index in [1.165, 1.54) is 6.92 Å². The van der Waals surface area contributed by atoms with Crippen molar-refractivity contribution in [2.45, 2.75) is 38.9 Å². The van der Waals surface area contributed by atoms with Crippen LogP contribution in [-0.4, -0.2) is 17.7 Å². The molecule has 0 saturated carbocycles. The number of hydrogen-bond acceptors (Lipinski definition) is 4. The molecule has 4 nitrogen and oxygen atoms in total. The van der Waals surface area contributed by atoms with Gasteiger partial charge in [0.2, 0.25) is 0 Å². The van der Waals surface area contributed by atoms with Crippen LogP contribution >= 0.6 is 0 Å². The highest BCUT2D eigenvalue weighted by atomic mass is 16.6. The SMILES string of the molecule is CC(=O)OC1Cc2cc(C#N)ccc2OC1(C)C. The largest absolute Gasteiger partial charge is 0.484 e. The van der Waals surface area contributed by atoms with Gasteiger partial charge in [-0.2, -0.15) is 5.26 Å². The zero-order chi connectivity index (χ0) is 13.3. The zero-order valence-corrected chi connectivity index (χ0v) is 10.7. The van der Waals surface area contributed by atoms with Crippen molar-refractivity contribution < 1.29 is 14.3 Å². The van der Waals surface area contributed by atoms with Crippen molar-refractivity contribution in [2.24, 2.45) is 0 Å². The lowest BCUT2D eigenvalue weighted by molar-refractivity contribution is -0.158. The fourth-order valence-corrected chi connectivity index (χ4v) is 2.09. The van der Waals surface area contributed by atoms with Crippen LogP contribution in [0.2, 0.25) is 0 Å². The van der Waals surface area contributed by atoms with Crippen LogP contribution in [0.25, 0.3) is 0 Å². The summed E-state index contributed by atoms with van der Waals surface area (Å²) >= 11 is 0. The zero-order valence-electron chi connectivity index (χ0n) is 10.7. The molecule has 1 atom stereocenters. The van der Waals surface area contributed by atoms with Crippen LogP contribution in [0.4, 0.5) is 0 Å². The summed E-state index contributed by atoms with van der Waals surface area (Å²) in [5.41, 5.74) is 0.922. The Morgan fingerprint density at radius 3 is 2.89 bits per heavy atom. The van der Waals surface area contributed by atoms with Crippen LogP contribution < -0.4 is 4.74 Å². The Kier molecular flexibility index (Phi) is 3.00. The van der Waals surface area contributed by atoms with Gasteiger partial charge in [0.1, 0.15) is 17.5 Å². The Hall–Kier alpha value is -2.02. The van der Waals surface area contributed by atoms with Crippen LogP contribution in [0.15, 0.2) is 18.2 Å². The molecule has 2 rings (SSSR count). The molecule has 0 aromatic heterocycles. The van der Waals surface area contributed by atoms with Crippen LogP contribution in [0, 0.1) is 11.3 Å². The molecule has 1 aliphatic rings. The summed E-state index contributed by atoms with van der Waals surface area (Å²) < 4.78 is 11.1. The van der Waals surface area contributed by atoms with Gasteiger partial charge < -0.3 is 9.47 Å². The molecule has 0 radical (unpaired) electrons. The number of esters is 1. The summed E-state index contributed by atoms with van der Waals surface area (Å²) in [5.74, 6) is 0.430. The maximum absolute atomic E-state index is 11.1. The number of hydrogen-bond donors (Lipinski definition) is 0. The van der Waals surface area contributed by atoms with Crippen LogP contribution in [0.1, 0.15) is 31.9 Å². The second-order valence-electron chi connectivity index (χ2n) is 4.94. The molecule has 0 bridgehead atoms. The topological polar surface area (TPSA) is 59.3 Å². The Morgan fingerprint density at radius 1 is 1.56 bits per heavy atom. The molecule has 0 fully saturated rings. The standard InChI is InChI=1S/C14H15NO3/c1-9(16)17-13-7-11-6-10(8-15)4-5-12(11)18-14(13,2)3/h4-6,13H,7H2,1-3H3. The molecular formula is C14H15NO3. The monoisotopic (exact) mass is 245 g/mol. The average Bonchev–Trinajstić information content (AvgIpc) is 2.28. The van der Waals surface area contributed by atoms with Gasteiger partial charge in [-0.1, -0.05) is 0 Å². The Morgan fingerprint density at radius 2 is 2.28 bits per heavy atom. The summed E-state index contributed by atoms with van der Waals surface area (Å²) in [6.07, 6.45) is 0.230. The van der Waals surface area contributed by atoms with Crippen molar-refractivity contribution in [2.75, 3.05) is 0 Å². The lowest BCUT2D eigenvalue weighted by Gasteiger charge is -2.39. The first kappa shape index (κ1) is 12.4. The number of carbonyl (C=O) groups is 1. The number of carbonyl (C=O) groups excluding carboxylic acids is 1. The van der Waals surface area contributed by atoms with Crippen LogP contribution in [0.3, 0.4) is 0 Å². The van der Waals surface area contributed by atoms with Gasteiger partial charge in [0, 0.05) is 13.3 Å². The van der Waals surface area contributed by atoms with Gasteiger partial charge in [-0.25, -0.2) is 0 Å². The fraction of sp³-hybridized carbons (Fsp3) is 0.429. The quantitative estimate of drug-likeness (QED) is 0.712. The number of benzene rings is 1. The minimum absolute atomic E-state index is 0.323. The van der Waals surface area contributed by atoms with Gasteiger partial charge in [0.25, 0.3) is 0 Å². The molecule has 0 amide bonds. The highest BCUT2D eigenvalue weighted by molar-refractivity contribution is 5.66. The van der Waals surface area contributed by atoms with Gasteiger partial charge in [-0.15, -0.1) is 0 Å². The molecule has 0 aliphatic carbocycles. The molecule has 1 aromatic rings. The lowest BCUT2D eigenvalue weighted by Crippen LogP contribution is -2.48. The molecule has 1 heterocycles. The van der Waals surface area contributed by atoms with E-state index in [1.807, 2.05) is 13.8 Å². The minimum Gasteiger partial charge on any atom is -0.484 e. The van der Waals surface area contributed by atoms with Gasteiger partial charge in [-0.05, 0) is 37.6 Å². The number of fused-ring (bicyclic) bond motifs is 1. The molecule has 0 N–H and O–H groups in total. The minimum atomic E-state index is -0.563. The van der Waals surface area contributed by atoms with Gasteiger partial charge in [0.05, 0.1) is 11.6 Å². The lowest BCUT2D eigenvalue weighted by atomic mass is 9.90. The first-order valence-electron chi connectivity index (χ1n) is 5.81. The molecule has 0 spiro atoms. The van der Waals surface area contributed by atoms with Gasteiger partial charge >= 0.3 is 5.97 Å². The molecule has 94 valence electrons. The third kappa shape index (κ3) is 2.30. The molecule has 1 aliphatic heterocycles. The van der Waals surface area contributed by atoms with E-state index in [4.69, 9.17) is 14.7 Å². The van der Waals surface area contributed by atoms with E-state index in [9.17, 15) is 4.79 Å². The van der Waals surface area contributed by atoms with Crippen molar-refractivity contribution in [3.63, 3.8) is 0 Å². The third-order valence-corrected chi connectivity index (χ3v) is 3.05. The fourth-order valence-electron chi connectivity index (χ4n) is 2.09. The molecular weight excluding hydrogens is 230 g/mol. The average molecular weight is 245 g/mol. The van der Waals surface area contributed by atoms with Crippen LogP contribution in [0.5, 0.6) is 5.75 Å². The molecule has 1 unspecified atom stereocenters. The Balaban J connectivity index is 2.34. The number of nitrogens with zero attached hydrogens (tertiary/aromatic N) is 1. The highest BCUT2D eigenvalue weighted by Gasteiger charge is 2.39. The molecule has 0 saturated heterocycles. The second kappa shape index (κ2) is 4.34. The van der Waals surface area contributed by atoms with Crippen molar-refractivity contribution >= 4 is 5.97 Å². The normalized spacial score (nSPS) is 20.2. The number of nitriles is 1. The maximum atomic E-state index is 11.1.